The Bertz CT molecular complexity index is 666. The van der Waals surface area contributed by atoms with Gasteiger partial charge in [-0.05, 0) is 36.1 Å². The molecule has 2 aromatic rings. The van der Waals surface area contributed by atoms with E-state index in [0.717, 1.165) is 44.7 Å². The first-order valence-corrected chi connectivity index (χ1v) is 8.22. The average molecular weight is 297 g/mol. The first-order chi connectivity index (χ1) is 10.7. The smallest absolute Gasteiger partial charge is 0.122 e. The molecule has 3 heterocycles. The molecule has 2 aliphatic rings. The van der Waals surface area contributed by atoms with Crippen LogP contribution < -0.4 is 4.74 Å². The van der Waals surface area contributed by atoms with Gasteiger partial charge in [0, 0.05) is 45.2 Å². The van der Waals surface area contributed by atoms with Gasteiger partial charge in [0.15, 0.2) is 0 Å². The molecular formula is C18H23N3O. The molecule has 0 saturated heterocycles. The molecule has 0 spiro atoms. The van der Waals surface area contributed by atoms with Crippen LogP contribution in [0.4, 0.5) is 0 Å². The SMILES string of the molecule is CC(c1ccc2c(c1)OCC2)N1CCc2cn(C)nc2CC1. The van der Waals surface area contributed by atoms with Crippen LogP contribution in [0.3, 0.4) is 0 Å². The molecule has 0 saturated carbocycles. The number of ether oxygens (including phenoxy) is 1. The molecule has 1 unspecified atom stereocenters. The Morgan fingerprint density at radius 1 is 1.14 bits per heavy atom. The second kappa shape index (κ2) is 5.43. The molecule has 1 aromatic heterocycles. The van der Waals surface area contributed by atoms with Crippen molar-refractivity contribution in [2.75, 3.05) is 19.7 Å². The van der Waals surface area contributed by atoms with Crippen LogP contribution in [-0.2, 0) is 26.3 Å². The summed E-state index contributed by atoms with van der Waals surface area (Å²) in [5, 5.41) is 4.59. The van der Waals surface area contributed by atoms with E-state index in [9.17, 15) is 0 Å². The zero-order valence-electron chi connectivity index (χ0n) is 13.4. The summed E-state index contributed by atoms with van der Waals surface area (Å²) in [4.78, 5) is 2.57. The molecule has 22 heavy (non-hydrogen) atoms. The number of rotatable bonds is 2. The minimum absolute atomic E-state index is 0.423. The lowest BCUT2D eigenvalue weighted by Gasteiger charge is -2.28. The summed E-state index contributed by atoms with van der Waals surface area (Å²) >= 11 is 0. The molecule has 0 bridgehead atoms. The van der Waals surface area contributed by atoms with Gasteiger partial charge in [-0.1, -0.05) is 12.1 Å². The van der Waals surface area contributed by atoms with Crippen LogP contribution in [-0.4, -0.2) is 34.4 Å². The van der Waals surface area contributed by atoms with Crippen molar-refractivity contribution >= 4 is 0 Å². The summed E-state index contributed by atoms with van der Waals surface area (Å²) in [6, 6.07) is 7.17. The Labute approximate surface area is 131 Å². The van der Waals surface area contributed by atoms with Gasteiger partial charge in [0.1, 0.15) is 5.75 Å². The van der Waals surface area contributed by atoms with Gasteiger partial charge in [-0.3, -0.25) is 9.58 Å². The van der Waals surface area contributed by atoms with Crippen molar-refractivity contribution in [3.63, 3.8) is 0 Å². The van der Waals surface area contributed by atoms with Crippen LogP contribution in [0.15, 0.2) is 24.4 Å². The number of benzene rings is 1. The predicted octanol–water partition coefficient (Wildman–Crippen LogP) is 2.52. The van der Waals surface area contributed by atoms with Gasteiger partial charge in [0.2, 0.25) is 0 Å². The molecule has 4 rings (SSSR count). The molecule has 116 valence electrons. The Balaban J connectivity index is 1.51. The van der Waals surface area contributed by atoms with Crippen LogP contribution in [0.25, 0.3) is 0 Å². The van der Waals surface area contributed by atoms with E-state index in [1.807, 2.05) is 11.7 Å². The van der Waals surface area contributed by atoms with E-state index in [-0.39, 0.29) is 0 Å². The number of hydrogen-bond donors (Lipinski definition) is 0. The number of nitrogens with zero attached hydrogens (tertiary/aromatic N) is 3. The molecule has 0 aliphatic carbocycles. The number of aryl methyl sites for hydroxylation is 1. The lowest BCUT2D eigenvalue weighted by molar-refractivity contribution is 0.220. The highest BCUT2D eigenvalue weighted by molar-refractivity contribution is 5.41. The van der Waals surface area contributed by atoms with Crippen LogP contribution in [0.2, 0.25) is 0 Å². The summed E-state index contributed by atoms with van der Waals surface area (Å²) < 4.78 is 7.67. The van der Waals surface area contributed by atoms with E-state index in [0.29, 0.717) is 6.04 Å². The maximum Gasteiger partial charge on any atom is 0.122 e. The molecule has 1 aromatic carbocycles. The van der Waals surface area contributed by atoms with Crippen LogP contribution in [0, 0.1) is 0 Å². The fourth-order valence-corrected chi connectivity index (χ4v) is 3.67. The minimum Gasteiger partial charge on any atom is -0.493 e. The third-order valence-electron chi connectivity index (χ3n) is 5.05. The fourth-order valence-electron chi connectivity index (χ4n) is 3.67. The Morgan fingerprint density at radius 3 is 2.91 bits per heavy atom. The van der Waals surface area contributed by atoms with Crippen LogP contribution in [0.1, 0.15) is 35.3 Å². The van der Waals surface area contributed by atoms with E-state index in [4.69, 9.17) is 4.74 Å². The number of aromatic nitrogens is 2. The molecular weight excluding hydrogens is 274 g/mol. The molecule has 0 amide bonds. The van der Waals surface area contributed by atoms with E-state index in [2.05, 4.69) is 41.3 Å². The summed E-state index contributed by atoms with van der Waals surface area (Å²) in [6.07, 6.45) is 5.36. The van der Waals surface area contributed by atoms with Gasteiger partial charge < -0.3 is 4.74 Å². The zero-order valence-corrected chi connectivity index (χ0v) is 13.4. The Kier molecular flexibility index (Phi) is 3.41. The van der Waals surface area contributed by atoms with E-state index in [1.165, 1.54) is 22.4 Å². The van der Waals surface area contributed by atoms with Crippen molar-refractivity contribution < 1.29 is 4.74 Å². The van der Waals surface area contributed by atoms with Gasteiger partial charge in [0.25, 0.3) is 0 Å². The topological polar surface area (TPSA) is 30.3 Å². The molecule has 1 atom stereocenters. The van der Waals surface area contributed by atoms with Gasteiger partial charge in [-0.15, -0.1) is 0 Å². The van der Waals surface area contributed by atoms with E-state index in [1.54, 1.807) is 0 Å². The van der Waals surface area contributed by atoms with Crippen molar-refractivity contribution in [1.29, 1.82) is 0 Å². The van der Waals surface area contributed by atoms with Gasteiger partial charge in [-0.25, -0.2) is 0 Å². The van der Waals surface area contributed by atoms with Crippen molar-refractivity contribution in [2.45, 2.75) is 32.2 Å². The molecule has 0 fully saturated rings. The van der Waals surface area contributed by atoms with Crippen molar-refractivity contribution in [3.8, 4) is 5.75 Å². The third kappa shape index (κ3) is 2.41. The first kappa shape index (κ1) is 13.8. The zero-order chi connectivity index (χ0) is 15.1. The molecule has 4 heteroatoms. The Morgan fingerprint density at radius 2 is 2.00 bits per heavy atom. The van der Waals surface area contributed by atoms with Crippen molar-refractivity contribution in [2.24, 2.45) is 7.05 Å². The lowest BCUT2D eigenvalue weighted by Crippen LogP contribution is -2.29. The van der Waals surface area contributed by atoms with Crippen molar-refractivity contribution in [1.82, 2.24) is 14.7 Å². The Hall–Kier alpha value is -1.81. The maximum atomic E-state index is 5.72. The largest absolute Gasteiger partial charge is 0.493 e. The second-order valence-electron chi connectivity index (χ2n) is 6.45. The molecule has 0 N–H and O–H groups in total. The minimum atomic E-state index is 0.423. The summed E-state index contributed by atoms with van der Waals surface area (Å²) in [5.74, 6) is 1.09. The van der Waals surface area contributed by atoms with E-state index >= 15 is 0 Å². The number of fused-ring (bicyclic) bond motifs is 2. The normalized spacial score (nSPS) is 19.2. The van der Waals surface area contributed by atoms with Crippen molar-refractivity contribution in [3.05, 3.63) is 46.8 Å². The molecule has 4 nitrogen and oxygen atoms in total. The summed E-state index contributed by atoms with van der Waals surface area (Å²) in [7, 11) is 2.01. The molecule has 2 aliphatic heterocycles. The lowest BCUT2D eigenvalue weighted by atomic mass is 10.0. The number of hydrogen-bond acceptors (Lipinski definition) is 3. The quantitative estimate of drug-likeness (QED) is 0.853. The third-order valence-corrected chi connectivity index (χ3v) is 5.05. The van der Waals surface area contributed by atoms with Gasteiger partial charge in [0.05, 0.1) is 12.3 Å². The fraction of sp³-hybridized carbons (Fsp3) is 0.500. The maximum absolute atomic E-state index is 5.72. The predicted molar refractivity (Wildman–Crippen MR) is 86.2 cm³/mol. The highest BCUT2D eigenvalue weighted by Gasteiger charge is 2.22. The highest BCUT2D eigenvalue weighted by atomic mass is 16.5. The standard InChI is InChI=1S/C18H23N3O/c1-13(15-4-3-14-7-10-22-18(14)11-15)21-8-5-16-12-20(2)19-17(16)6-9-21/h3-4,11-13H,5-10H2,1-2H3. The van der Waals surface area contributed by atoms with Gasteiger partial charge in [-0.2, -0.15) is 5.10 Å². The first-order valence-electron chi connectivity index (χ1n) is 8.22. The second-order valence-corrected chi connectivity index (χ2v) is 6.45. The molecule has 0 radical (unpaired) electrons. The monoisotopic (exact) mass is 297 g/mol. The summed E-state index contributed by atoms with van der Waals surface area (Å²) in [6.45, 7) is 5.30. The van der Waals surface area contributed by atoms with Crippen LogP contribution in [0.5, 0.6) is 5.75 Å². The highest BCUT2D eigenvalue weighted by Crippen LogP contribution is 2.31. The van der Waals surface area contributed by atoms with Crippen LogP contribution >= 0.6 is 0 Å². The van der Waals surface area contributed by atoms with E-state index < -0.39 is 0 Å². The van der Waals surface area contributed by atoms with Gasteiger partial charge >= 0.3 is 0 Å². The summed E-state index contributed by atoms with van der Waals surface area (Å²) in [5.41, 5.74) is 5.40. The average Bonchev–Trinajstić information content (AvgIpc) is 3.07.